The van der Waals surface area contributed by atoms with Crippen LogP contribution in [-0.4, -0.2) is 99.2 Å². The molecule has 2 aromatic rings. The van der Waals surface area contributed by atoms with Gasteiger partial charge < -0.3 is 39.7 Å². The Labute approximate surface area is 204 Å². The monoisotopic (exact) mass is 576 g/mol. The molecule has 8 bridgehead atoms. The predicted octanol–water partition coefficient (Wildman–Crippen LogP) is -2.25. The minimum absolute atomic E-state index is 0.189. The van der Waals surface area contributed by atoms with Gasteiger partial charge in [-0.2, -0.15) is 4.31 Å². The first-order chi connectivity index (χ1) is 16.8. The van der Waals surface area contributed by atoms with Gasteiger partial charge in [-0.15, -0.1) is 0 Å². The number of phosphoric acid groups is 2. The van der Waals surface area contributed by atoms with Crippen molar-refractivity contribution in [1.82, 2.24) is 19.1 Å². The van der Waals surface area contributed by atoms with Crippen LogP contribution in [0.1, 0.15) is 12.5 Å². The standard InChI is InChI=1S/C15H19ClN4O14P2/c16-15-18-6-11-17-3-19(12(6)25)13-9(23)7(21)4(32-13)1-30-35(26,27)34-36(28,29)31-2-5-8(22)10(24)14(33-5)20(11)15/h3-5,7-10,13-14,21-24H,1-2H2,(H,26,27)(H,28,29)/t4-,5-,7-,8-,9-,10-,13-,14-/m1/s1. The number of aliphatic hydroxyl groups excluding tert-OH is 4. The van der Waals surface area contributed by atoms with E-state index in [0.717, 1.165) is 15.5 Å². The number of imidazole rings is 1. The van der Waals surface area contributed by atoms with Crippen LogP contribution in [0.5, 0.6) is 0 Å². The second kappa shape index (κ2) is 9.14. The van der Waals surface area contributed by atoms with Crippen LogP contribution in [0.4, 0.5) is 0 Å². The normalized spacial score (nSPS) is 43.8. The van der Waals surface area contributed by atoms with Crippen LogP contribution in [0.15, 0.2) is 11.1 Å². The number of ether oxygens (including phenoxy) is 2. The molecule has 0 radical (unpaired) electrons. The smallest absolute Gasteiger partial charge is 0.387 e. The number of fused-ring (bicyclic) bond motifs is 7. The molecular formula is C15H19ClN4O14P2. The lowest BCUT2D eigenvalue weighted by Crippen LogP contribution is -2.36. The van der Waals surface area contributed by atoms with Gasteiger partial charge in [0, 0.05) is 0 Å². The SMILES string of the molecule is O=c1c2nc(Cl)n3c2ncn1[C@@H]1O[C@H](COP(=O)(O)OP(=O)(O)OC[C@H]2O[C@@H]3[C@H](O)[C@@H]2O)[C@@H](O)[C@H]1O. The van der Waals surface area contributed by atoms with E-state index >= 15 is 0 Å². The van der Waals surface area contributed by atoms with E-state index in [1.807, 2.05) is 0 Å². The van der Waals surface area contributed by atoms with Crippen molar-refractivity contribution in [3.8, 4) is 0 Å². The van der Waals surface area contributed by atoms with E-state index in [4.69, 9.17) is 21.1 Å². The van der Waals surface area contributed by atoms with Crippen molar-refractivity contribution in [3.63, 3.8) is 0 Å². The van der Waals surface area contributed by atoms with E-state index in [-0.39, 0.29) is 16.4 Å². The summed E-state index contributed by atoms with van der Waals surface area (Å²) in [6, 6.07) is 0. The molecule has 2 fully saturated rings. The molecule has 2 aromatic heterocycles. The number of phosphoric ester groups is 2. The summed E-state index contributed by atoms with van der Waals surface area (Å²) in [5.41, 5.74) is -1.43. The molecule has 2 unspecified atom stereocenters. The molecule has 0 aromatic carbocycles. The molecule has 36 heavy (non-hydrogen) atoms. The topological polar surface area (TPSA) is 254 Å². The maximum Gasteiger partial charge on any atom is 0.481 e. The number of hydrogen-bond acceptors (Lipinski definition) is 14. The number of aliphatic hydroxyl groups is 4. The summed E-state index contributed by atoms with van der Waals surface area (Å²) >= 11 is 6.16. The van der Waals surface area contributed by atoms with Crippen LogP contribution in [-0.2, 0) is 32.0 Å². The van der Waals surface area contributed by atoms with Gasteiger partial charge in [-0.25, -0.2) is 19.1 Å². The van der Waals surface area contributed by atoms with Gasteiger partial charge in [0.1, 0.15) is 43.0 Å². The third-order valence-electron chi connectivity index (χ3n) is 5.80. The van der Waals surface area contributed by atoms with Gasteiger partial charge in [-0.1, -0.05) is 0 Å². The highest BCUT2D eigenvalue weighted by Gasteiger charge is 2.49. The molecule has 18 nitrogen and oxygen atoms in total. The van der Waals surface area contributed by atoms with Gasteiger partial charge in [-0.3, -0.25) is 23.0 Å². The van der Waals surface area contributed by atoms with Crippen molar-refractivity contribution in [2.24, 2.45) is 0 Å². The first kappa shape index (κ1) is 26.3. The maximum atomic E-state index is 13.1. The molecule has 4 aliphatic rings. The molecule has 21 heteroatoms. The van der Waals surface area contributed by atoms with Gasteiger partial charge in [0.05, 0.1) is 13.2 Å². The fraction of sp³-hybridized carbons (Fsp3) is 0.667. The summed E-state index contributed by atoms with van der Waals surface area (Å²) in [4.78, 5) is 40.7. The van der Waals surface area contributed by atoms with E-state index in [9.17, 15) is 44.1 Å². The molecule has 0 amide bonds. The van der Waals surface area contributed by atoms with E-state index in [1.54, 1.807) is 0 Å². The number of hydrogen-bond donors (Lipinski definition) is 6. The van der Waals surface area contributed by atoms with E-state index < -0.39 is 83.5 Å². The molecule has 200 valence electrons. The van der Waals surface area contributed by atoms with Gasteiger partial charge in [0.25, 0.3) is 5.56 Å². The average molecular weight is 577 g/mol. The Balaban J connectivity index is 1.61. The largest absolute Gasteiger partial charge is 0.481 e. The summed E-state index contributed by atoms with van der Waals surface area (Å²) in [6.45, 7) is -1.84. The summed E-state index contributed by atoms with van der Waals surface area (Å²) in [5.74, 6) is 0. The Morgan fingerprint density at radius 3 is 2.03 bits per heavy atom. The Morgan fingerprint density at radius 2 is 1.44 bits per heavy atom. The van der Waals surface area contributed by atoms with Crippen LogP contribution in [0, 0.1) is 0 Å². The lowest BCUT2D eigenvalue weighted by Gasteiger charge is -2.21. The fourth-order valence-corrected chi connectivity index (χ4v) is 6.40. The predicted molar refractivity (Wildman–Crippen MR) is 111 cm³/mol. The number of nitrogens with zero attached hydrogens (tertiary/aromatic N) is 4. The van der Waals surface area contributed by atoms with Crippen LogP contribution in [0.3, 0.4) is 0 Å². The molecule has 10 atom stereocenters. The van der Waals surface area contributed by atoms with Gasteiger partial charge >= 0.3 is 15.6 Å². The van der Waals surface area contributed by atoms with Crippen molar-refractivity contribution in [2.75, 3.05) is 13.2 Å². The summed E-state index contributed by atoms with van der Waals surface area (Å²) < 4.78 is 50.4. The molecule has 2 saturated heterocycles. The van der Waals surface area contributed by atoms with Crippen LogP contribution < -0.4 is 5.56 Å². The number of aromatic nitrogens is 4. The highest BCUT2D eigenvalue weighted by atomic mass is 35.5. The molecule has 6 rings (SSSR count). The lowest BCUT2D eigenvalue weighted by molar-refractivity contribution is -0.0560. The van der Waals surface area contributed by atoms with Gasteiger partial charge in [-0.05, 0) is 11.6 Å². The van der Waals surface area contributed by atoms with Crippen molar-refractivity contribution in [3.05, 3.63) is 22.0 Å². The first-order valence-electron chi connectivity index (χ1n) is 10.1. The highest BCUT2D eigenvalue weighted by Crippen LogP contribution is 2.60. The third-order valence-corrected chi connectivity index (χ3v) is 8.67. The molecule has 0 aliphatic carbocycles. The van der Waals surface area contributed by atoms with Crippen LogP contribution in [0.2, 0.25) is 5.28 Å². The minimum Gasteiger partial charge on any atom is -0.387 e. The summed E-state index contributed by atoms with van der Waals surface area (Å²) in [7, 11) is -10.6. The molecular weight excluding hydrogens is 558 g/mol. The fourth-order valence-electron chi connectivity index (χ4n) is 4.05. The van der Waals surface area contributed by atoms with Crippen molar-refractivity contribution < 1.29 is 62.2 Å². The van der Waals surface area contributed by atoms with Crippen molar-refractivity contribution >= 4 is 38.4 Å². The van der Waals surface area contributed by atoms with E-state index in [2.05, 4.69) is 23.3 Å². The quantitative estimate of drug-likeness (QED) is 0.143. The summed E-state index contributed by atoms with van der Waals surface area (Å²) in [5, 5.41) is 41.2. The van der Waals surface area contributed by atoms with Crippen molar-refractivity contribution in [1.29, 1.82) is 0 Å². The Hall–Kier alpha value is -1.34. The molecule has 0 saturated carbocycles. The summed E-state index contributed by atoms with van der Waals surface area (Å²) in [6.07, 6.45) is -12.0. The van der Waals surface area contributed by atoms with E-state index in [1.165, 1.54) is 0 Å². The lowest BCUT2D eigenvalue weighted by atomic mass is 10.1. The van der Waals surface area contributed by atoms with Crippen LogP contribution in [0.25, 0.3) is 11.2 Å². The van der Waals surface area contributed by atoms with E-state index in [0.29, 0.717) is 0 Å². The molecule has 4 aliphatic heterocycles. The Kier molecular flexibility index (Phi) is 6.67. The van der Waals surface area contributed by atoms with Gasteiger partial charge in [0.2, 0.25) is 5.28 Å². The van der Waals surface area contributed by atoms with Crippen LogP contribution >= 0.6 is 27.2 Å². The highest BCUT2D eigenvalue weighted by molar-refractivity contribution is 7.61. The second-order valence-electron chi connectivity index (χ2n) is 8.08. The second-order valence-corrected chi connectivity index (χ2v) is 11.5. The number of halogens is 1. The number of rotatable bonds is 0. The minimum atomic E-state index is -5.31. The van der Waals surface area contributed by atoms with Crippen molar-refractivity contribution in [2.45, 2.75) is 49.1 Å². The Morgan fingerprint density at radius 1 is 0.917 bits per heavy atom. The zero-order valence-corrected chi connectivity index (χ0v) is 20.2. The molecule has 6 N–H and O–H groups in total. The first-order valence-corrected chi connectivity index (χ1v) is 13.5. The molecule has 0 spiro atoms. The Bertz CT molecular complexity index is 1340. The maximum absolute atomic E-state index is 13.1. The van der Waals surface area contributed by atoms with Gasteiger partial charge in [0.15, 0.2) is 23.6 Å². The third kappa shape index (κ3) is 4.46. The zero-order chi connectivity index (χ0) is 26.2. The zero-order valence-electron chi connectivity index (χ0n) is 17.6. The molecule has 6 heterocycles. The average Bonchev–Trinajstić information content (AvgIpc) is 3.37.